The van der Waals surface area contributed by atoms with Crippen LogP contribution >= 0.6 is 11.8 Å². The first-order valence-electron chi connectivity index (χ1n) is 13.6. The third-order valence-corrected chi connectivity index (χ3v) is 6.97. The number of aliphatic hydroxyl groups excluding tert-OH is 1. The molecule has 1 rings (SSSR count). The highest BCUT2D eigenvalue weighted by atomic mass is 32.2. The Kier molecular flexibility index (Phi) is 16.1. The molecule has 16 heteroatoms. The summed E-state index contributed by atoms with van der Waals surface area (Å²) in [4.78, 5) is 75.0. The van der Waals surface area contributed by atoms with Gasteiger partial charge in [-0.3, -0.25) is 24.0 Å². The Labute approximate surface area is 253 Å². The van der Waals surface area contributed by atoms with E-state index >= 15 is 0 Å². The van der Waals surface area contributed by atoms with Crippen LogP contribution in [0.2, 0.25) is 0 Å². The average molecular weight is 627 g/mol. The number of rotatable bonds is 19. The lowest BCUT2D eigenvalue weighted by atomic mass is 10.0. The predicted molar refractivity (Wildman–Crippen MR) is 158 cm³/mol. The molecule has 15 nitrogen and oxygen atoms in total. The zero-order valence-electron chi connectivity index (χ0n) is 24.4. The summed E-state index contributed by atoms with van der Waals surface area (Å²) in [5.41, 5.74) is 11.2. The number of phenols is 1. The van der Waals surface area contributed by atoms with Crippen LogP contribution in [0.3, 0.4) is 0 Å². The number of carbonyl (C=O) groups is 6. The molecule has 0 spiro atoms. The van der Waals surface area contributed by atoms with Gasteiger partial charge in [0.25, 0.3) is 0 Å². The number of hydrogen-bond donors (Lipinski definition) is 9. The van der Waals surface area contributed by atoms with Crippen molar-refractivity contribution in [3.05, 3.63) is 29.8 Å². The van der Waals surface area contributed by atoms with Crippen LogP contribution in [0.5, 0.6) is 5.75 Å². The minimum atomic E-state index is -1.33. The van der Waals surface area contributed by atoms with Gasteiger partial charge in [0.05, 0.1) is 6.61 Å². The molecule has 1 aromatic carbocycles. The fourth-order valence-corrected chi connectivity index (χ4v) is 4.28. The molecule has 0 fully saturated rings. The minimum absolute atomic E-state index is 0.000618. The molecule has 11 N–H and O–H groups in total. The molecule has 240 valence electrons. The van der Waals surface area contributed by atoms with Gasteiger partial charge in [-0.2, -0.15) is 11.8 Å². The van der Waals surface area contributed by atoms with E-state index in [1.54, 1.807) is 20.1 Å². The number of nitrogens with one attached hydrogen (secondary N) is 4. The molecule has 0 saturated heterocycles. The van der Waals surface area contributed by atoms with Crippen molar-refractivity contribution in [2.24, 2.45) is 17.4 Å². The number of benzene rings is 1. The predicted octanol–water partition coefficient (Wildman–Crippen LogP) is -2.05. The summed E-state index contributed by atoms with van der Waals surface area (Å²) in [5.74, 6) is -5.23. The Morgan fingerprint density at radius 2 is 1.37 bits per heavy atom. The number of primary amides is 1. The summed E-state index contributed by atoms with van der Waals surface area (Å²) in [5, 5.41) is 38.2. The smallest absolute Gasteiger partial charge is 0.326 e. The molecule has 43 heavy (non-hydrogen) atoms. The summed E-state index contributed by atoms with van der Waals surface area (Å²) in [6.07, 6.45) is 1.38. The molecule has 0 unspecified atom stereocenters. The standard InChI is InChI=1S/C27H42N6O9S/c1-14(2)22(26(40)32-20(27(41)42)12-15-4-6-16(35)7-5-15)33-25(39)19(10-11-43-3)31-24(38)18(8-9-21(29)36)30-23(37)17(28)13-34/h4-7,14,17-20,22,34-35H,8-13,28H2,1-3H3,(H2,29,36)(H,30,37)(H,31,38)(H,32,40)(H,33,39)(H,41,42)/t17-,18-,19-,20-,22-/m0/s1. The zero-order chi connectivity index (χ0) is 32.7. The Bertz CT molecular complexity index is 1120. The number of thioether (sulfide) groups is 1. The lowest BCUT2D eigenvalue weighted by molar-refractivity contribution is -0.142. The van der Waals surface area contributed by atoms with Crippen molar-refractivity contribution < 1.29 is 44.1 Å². The van der Waals surface area contributed by atoms with Gasteiger partial charge in [0.1, 0.15) is 36.0 Å². The number of carboxylic acids is 1. The summed E-state index contributed by atoms with van der Waals surface area (Å²) in [7, 11) is 0. The molecule has 0 aliphatic rings. The van der Waals surface area contributed by atoms with Gasteiger partial charge < -0.3 is 48.1 Å². The number of aliphatic carboxylic acids is 1. The SMILES string of the molecule is CSCC[C@H](NC(=O)[C@H](CCC(N)=O)NC(=O)[C@@H](N)CO)C(=O)N[C@H](C(=O)N[C@@H](Cc1ccc(O)cc1)C(=O)O)C(C)C. The molecular formula is C27H42N6O9S. The van der Waals surface area contributed by atoms with E-state index in [4.69, 9.17) is 16.6 Å². The number of nitrogens with two attached hydrogens (primary N) is 2. The highest BCUT2D eigenvalue weighted by molar-refractivity contribution is 7.98. The van der Waals surface area contributed by atoms with Gasteiger partial charge in [0, 0.05) is 12.8 Å². The van der Waals surface area contributed by atoms with E-state index in [2.05, 4.69) is 21.3 Å². The van der Waals surface area contributed by atoms with Gasteiger partial charge in [0.15, 0.2) is 0 Å². The molecule has 0 bridgehead atoms. The molecule has 1 aromatic rings. The first-order chi connectivity index (χ1) is 20.2. The molecular weight excluding hydrogens is 584 g/mol. The maximum absolute atomic E-state index is 13.3. The van der Waals surface area contributed by atoms with Crippen LogP contribution in [0.1, 0.15) is 38.7 Å². The number of aromatic hydroxyl groups is 1. The van der Waals surface area contributed by atoms with Crippen molar-refractivity contribution in [3.8, 4) is 5.75 Å². The van der Waals surface area contributed by atoms with Crippen LogP contribution in [0.4, 0.5) is 0 Å². The van der Waals surface area contributed by atoms with Crippen molar-refractivity contribution in [1.82, 2.24) is 21.3 Å². The molecule has 0 heterocycles. The van der Waals surface area contributed by atoms with Crippen LogP contribution < -0.4 is 32.7 Å². The first kappa shape index (κ1) is 37.1. The minimum Gasteiger partial charge on any atom is -0.508 e. The molecule has 0 aromatic heterocycles. The Balaban J connectivity index is 3.09. The van der Waals surface area contributed by atoms with Gasteiger partial charge >= 0.3 is 5.97 Å². The van der Waals surface area contributed by atoms with Crippen molar-refractivity contribution in [3.63, 3.8) is 0 Å². The molecule has 5 atom stereocenters. The van der Waals surface area contributed by atoms with Crippen LogP contribution in [0, 0.1) is 5.92 Å². The lowest BCUT2D eigenvalue weighted by Crippen LogP contribution is -2.59. The summed E-state index contributed by atoms with van der Waals surface area (Å²) < 4.78 is 0. The van der Waals surface area contributed by atoms with E-state index in [0.29, 0.717) is 11.3 Å². The number of carboxylic acid groups (broad SMARTS) is 1. The molecule has 0 aliphatic carbocycles. The highest BCUT2D eigenvalue weighted by Gasteiger charge is 2.33. The molecule has 5 amide bonds. The first-order valence-corrected chi connectivity index (χ1v) is 14.9. The van der Waals surface area contributed by atoms with Gasteiger partial charge in [0.2, 0.25) is 29.5 Å². The van der Waals surface area contributed by atoms with Crippen LogP contribution in [0.25, 0.3) is 0 Å². The quantitative estimate of drug-likeness (QED) is 0.0807. The van der Waals surface area contributed by atoms with Crippen molar-refractivity contribution in [2.45, 2.75) is 69.7 Å². The summed E-state index contributed by atoms with van der Waals surface area (Å²) in [6.45, 7) is 2.61. The van der Waals surface area contributed by atoms with E-state index in [9.17, 15) is 39.0 Å². The zero-order valence-corrected chi connectivity index (χ0v) is 25.2. The third kappa shape index (κ3) is 13.3. The number of amides is 5. The van der Waals surface area contributed by atoms with Crippen molar-refractivity contribution >= 4 is 47.3 Å². The fraction of sp³-hybridized carbons (Fsp3) is 0.556. The maximum atomic E-state index is 13.3. The maximum Gasteiger partial charge on any atom is 0.326 e. The number of hydrogen-bond acceptors (Lipinski definition) is 10. The van der Waals surface area contributed by atoms with Gasteiger partial charge in [-0.15, -0.1) is 0 Å². The second-order valence-corrected chi connectivity index (χ2v) is 11.2. The van der Waals surface area contributed by atoms with Crippen LogP contribution in [-0.4, -0.2) is 99.6 Å². The van der Waals surface area contributed by atoms with Crippen LogP contribution in [0.15, 0.2) is 24.3 Å². The third-order valence-electron chi connectivity index (χ3n) is 6.33. The summed E-state index contributed by atoms with van der Waals surface area (Å²) in [6, 6.07) is -0.471. The van der Waals surface area contributed by atoms with Crippen molar-refractivity contribution in [1.29, 1.82) is 0 Å². The van der Waals surface area contributed by atoms with Crippen molar-refractivity contribution in [2.75, 3.05) is 18.6 Å². The Morgan fingerprint density at radius 3 is 1.88 bits per heavy atom. The van der Waals surface area contributed by atoms with Gasteiger partial charge in [-0.05, 0) is 48.5 Å². The summed E-state index contributed by atoms with van der Waals surface area (Å²) >= 11 is 1.39. The topological polar surface area (TPSA) is 263 Å². The lowest BCUT2D eigenvalue weighted by Gasteiger charge is -2.28. The van der Waals surface area contributed by atoms with Gasteiger partial charge in [-0.25, -0.2) is 4.79 Å². The van der Waals surface area contributed by atoms with E-state index in [-0.39, 0.29) is 31.4 Å². The molecule has 0 aliphatic heterocycles. The molecule has 0 saturated carbocycles. The number of phenolic OH excluding ortho intramolecular Hbond substituents is 1. The second-order valence-electron chi connectivity index (χ2n) is 10.2. The fourth-order valence-electron chi connectivity index (χ4n) is 3.81. The van der Waals surface area contributed by atoms with E-state index < -0.39 is 78.2 Å². The number of aliphatic hydroxyl groups is 1. The highest BCUT2D eigenvalue weighted by Crippen LogP contribution is 2.13. The Morgan fingerprint density at radius 1 is 0.837 bits per heavy atom. The van der Waals surface area contributed by atoms with E-state index in [0.717, 1.165) is 0 Å². The second kappa shape index (κ2) is 18.6. The van der Waals surface area contributed by atoms with E-state index in [1.807, 2.05) is 0 Å². The largest absolute Gasteiger partial charge is 0.508 e. The normalized spacial score (nSPS) is 14.5. The monoisotopic (exact) mass is 626 g/mol. The van der Waals surface area contributed by atoms with E-state index in [1.165, 1.54) is 36.0 Å². The number of carbonyl (C=O) groups excluding carboxylic acids is 5. The molecule has 0 radical (unpaired) electrons. The van der Waals surface area contributed by atoms with Gasteiger partial charge in [-0.1, -0.05) is 26.0 Å². The average Bonchev–Trinajstić information content (AvgIpc) is 2.95. The Hall–Kier alpha value is -3.89. The van der Waals surface area contributed by atoms with Crippen LogP contribution in [-0.2, 0) is 35.2 Å².